The summed E-state index contributed by atoms with van der Waals surface area (Å²) in [5.74, 6) is 1.27. The topological polar surface area (TPSA) is 42.2 Å². The lowest BCUT2D eigenvalue weighted by atomic mass is 9.93. The van der Waals surface area contributed by atoms with Gasteiger partial charge < -0.3 is 9.73 Å². The molecule has 1 aliphatic rings. The largest absolute Gasteiger partial charge is 0.453 e. The highest BCUT2D eigenvalue weighted by Crippen LogP contribution is 2.22. The van der Waals surface area contributed by atoms with Gasteiger partial charge in [0.2, 0.25) is 0 Å². The maximum Gasteiger partial charge on any atom is 0.198 e. The summed E-state index contributed by atoms with van der Waals surface area (Å²) in [5.41, 5.74) is 0.796. The van der Waals surface area contributed by atoms with E-state index in [0.29, 0.717) is 18.1 Å². The van der Waals surface area contributed by atoms with E-state index < -0.39 is 0 Å². The molecule has 0 aliphatic carbocycles. The lowest BCUT2D eigenvalue weighted by Gasteiger charge is -2.21. The van der Waals surface area contributed by atoms with Crippen LogP contribution in [0.4, 0.5) is 0 Å². The molecular weight excluding hydrogens is 238 g/mol. The smallest absolute Gasteiger partial charge is 0.198 e. The molecule has 1 fully saturated rings. The van der Waals surface area contributed by atoms with Crippen molar-refractivity contribution in [3.63, 3.8) is 0 Å². The number of nitrogens with one attached hydrogen (secondary N) is 1. The van der Waals surface area contributed by atoms with Crippen molar-refractivity contribution in [2.24, 2.45) is 5.92 Å². The Hall–Kier alpha value is -1.61. The van der Waals surface area contributed by atoms with Crippen LogP contribution in [0.1, 0.15) is 36.2 Å². The molecule has 100 valence electrons. The minimum Gasteiger partial charge on any atom is -0.453 e. The van der Waals surface area contributed by atoms with E-state index in [1.54, 1.807) is 0 Å². The van der Waals surface area contributed by atoms with Crippen molar-refractivity contribution in [3.8, 4) is 0 Å². The van der Waals surface area contributed by atoms with Gasteiger partial charge in [-0.3, -0.25) is 4.79 Å². The highest BCUT2D eigenvalue weighted by molar-refractivity contribution is 5.97. The lowest BCUT2D eigenvalue weighted by Crippen LogP contribution is -2.29. The van der Waals surface area contributed by atoms with Crippen molar-refractivity contribution in [1.82, 2.24) is 5.32 Å². The fourth-order valence-corrected chi connectivity index (χ4v) is 2.75. The van der Waals surface area contributed by atoms with Crippen LogP contribution >= 0.6 is 0 Å². The van der Waals surface area contributed by atoms with Gasteiger partial charge in [0, 0.05) is 11.8 Å². The van der Waals surface area contributed by atoms with Crippen molar-refractivity contribution >= 4 is 16.8 Å². The van der Waals surface area contributed by atoms with Gasteiger partial charge in [0.25, 0.3) is 0 Å². The first-order valence-electron chi connectivity index (χ1n) is 7.05. The van der Waals surface area contributed by atoms with Gasteiger partial charge in [0.1, 0.15) is 5.58 Å². The van der Waals surface area contributed by atoms with Crippen LogP contribution in [0.15, 0.2) is 34.7 Å². The molecule has 1 saturated heterocycles. The number of carbonyl (C=O) groups excluding carboxylic acids is 1. The Balaban J connectivity index is 1.63. The van der Waals surface area contributed by atoms with E-state index in [4.69, 9.17) is 4.42 Å². The van der Waals surface area contributed by atoms with Crippen LogP contribution in [0, 0.1) is 5.92 Å². The molecule has 1 aromatic carbocycles. The van der Waals surface area contributed by atoms with Gasteiger partial charge in [-0.15, -0.1) is 0 Å². The molecule has 3 nitrogen and oxygen atoms in total. The fraction of sp³-hybridized carbons (Fsp3) is 0.438. The van der Waals surface area contributed by atoms with Crippen LogP contribution in [0.5, 0.6) is 0 Å². The third-order valence-corrected chi connectivity index (χ3v) is 3.88. The molecule has 0 radical (unpaired) electrons. The maximum absolute atomic E-state index is 12.1. The summed E-state index contributed by atoms with van der Waals surface area (Å²) in [7, 11) is 0. The van der Waals surface area contributed by atoms with Gasteiger partial charge in [0.15, 0.2) is 11.5 Å². The number of ketones is 1. The quantitative estimate of drug-likeness (QED) is 0.854. The predicted octanol–water partition coefficient (Wildman–Crippen LogP) is 3.40. The summed E-state index contributed by atoms with van der Waals surface area (Å²) in [4.78, 5) is 12.1. The molecule has 0 saturated carbocycles. The molecule has 3 heteroatoms. The second kappa shape index (κ2) is 5.57. The highest BCUT2D eigenvalue weighted by atomic mass is 16.3. The Morgan fingerprint density at radius 3 is 3.05 bits per heavy atom. The zero-order chi connectivity index (χ0) is 13.1. The van der Waals surface area contributed by atoms with Crippen LogP contribution in [-0.4, -0.2) is 18.9 Å². The number of Topliss-reactive ketones (excluding diaryl/α,β-unsaturated/α-hetero) is 1. The van der Waals surface area contributed by atoms with Crippen molar-refractivity contribution in [2.45, 2.75) is 25.7 Å². The Kier molecular flexibility index (Phi) is 3.65. The number of para-hydroxylation sites is 1. The number of piperidine rings is 1. The highest BCUT2D eigenvalue weighted by Gasteiger charge is 2.17. The SMILES string of the molecule is O=C(CCC1CCCNC1)c1cc2ccccc2o1. The molecule has 1 atom stereocenters. The summed E-state index contributed by atoms with van der Waals surface area (Å²) in [5, 5.41) is 4.39. The first-order chi connectivity index (χ1) is 9.33. The molecule has 1 aliphatic heterocycles. The number of fused-ring (bicyclic) bond motifs is 1. The van der Waals surface area contributed by atoms with Gasteiger partial charge in [-0.05, 0) is 50.4 Å². The third kappa shape index (κ3) is 2.87. The third-order valence-electron chi connectivity index (χ3n) is 3.88. The summed E-state index contributed by atoms with van der Waals surface area (Å²) in [6, 6.07) is 9.61. The maximum atomic E-state index is 12.1. The molecule has 1 unspecified atom stereocenters. The van der Waals surface area contributed by atoms with Crippen molar-refractivity contribution < 1.29 is 9.21 Å². The zero-order valence-electron chi connectivity index (χ0n) is 11.0. The Morgan fingerprint density at radius 1 is 1.37 bits per heavy atom. The van der Waals surface area contributed by atoms with E-state index in [2.05, 4.69) is 5.32 Å². The number of rotatable bonds is 4. The van der Waals surface area contributed by atoms with Gasteiger partial charge in [-0.25, -0.2) is 0 Å². The minimum atomic E-state index is 0.127. The van der Waals surface area contributed by atoms with E-state index in [0.717, 1.165) is 30.5 Å². The van der Waals surface area contributed by atoms with E-state index >= 15 is 0 Å². The molecule has 1 aromatic heterocycles. The van der Waals surface area contributed by atoms with Crippen LogP contribution in [0.25, 0.3) is 11.0 Å². The molecule has 0 amide bonds. The number of furan rings is 1. The molecule has 0 spiro atoms. The summed E-state index contributed by atoms with van der Waals surface area (Å²) in [6.45, 7) is 2.17. The van der Waals surface area contributed by atoms with Crippen molar-refractivity contribution in [2.75, 3.05) is 13.1 Å². The lowest BCUT2D eigenvalue weighted by molar-refractivity contribution is 0.0946. The Morgan fingerprint density at radius 2 is 2.26 bits per heavy atom. The van der Waals surface area contributed by atoms with Crippen LogP contribution in [0.3, 0.4) is 0 Å². The van der Waals surface area contributed by atoms with Crippen LogP contribution in [-0.2, 0) is 0 Å². The average Bonchev–Trinajstić information content (AvgIpc) is 2.90. The minimum absolute atomic E-state index is 0.127. The molecular formula is C16H19NO2. The van der Waals surface area contributed by atoms with Gasteiger partial charge in [0.05, 0.1) is 0 Å². The van der Waals surface area contributed by atoms with Gasteiger partial charge in [-0.1, -0.05) is 18.2 Å². The van der Waals surface area contributed by atoms with E-state index in [1.165, 1.54) is 12.8 Å². The average molecular weight is 257 g/mol. The van der Waals surface area contributed by atoms with Gasteiger partial charge in [-0.2, -0.15) is 0 Å². The molecule has 0 bridgehead atoms. The predicted molar refractivity (Wildman–Crippen MR) is 75.4 cm³/mol. The molecule has 1 N–H and O–H groups in total. The molecule has 19 heavy (non-hydrogen) atoms. The Labute approximate surface area is 113 Å². The fourth-order valence-electron chi connectivity index (χ4n) is 2.75. The van der Waals surface area contributed by atoms with Crippen molar-refractivity contribution in [1.29, 1.82) is 0 Å². The second-order valence-corrected chi connectivity index (χ2v) is 5.32. The molecule has 3 rings (SSSR count). The van der Waals surface area contributed by atoms with Crippen LogP contribution < -0.4 is 5.32 Å². The van der Waals surface area contributed by atoms with Crippen LogP contribution in [0.2, 0.25) is 0 Å². The molecule has 2 aromatic rings. The summed E-state index contributed by atoms with van der Waals surface area (Å²) < 4.78 is 5.60. The van der Waals surface area contributed by atoms with E-state index in [1.807, 2.05) is 30.3 Å². The monoisotopic (exact) mass is 257 g/mol. The number of hydrogen-bond acceptors (Lipinski definition) is 3. The zero-order valence-corrected chi connectivity index (χ0v) is 11.0. The first kappa shape index (κ1) is 12.4. The second-order valence-electron chi connectivity index (χ2n) is 5.32. The molecule has 2 heterocycles. The van der Waals surface area contributed by atoms with Gasteiger partial charge >= 0.3 is 0 Å². The van der Waals surface area contributed by atoms with E-state index in [9.17, 15) is 4.79 Å². The summed E-state index contributed by atoms with van der Waals surface area (Å²) >= 11 is 0. The van der Waals surface area contributed by atoms with Crippen molar-refractivity contribution in [3.05, 3.63) is 36.1 Å². The number of benzene rings is 1. The Bertz CT molecular complexity index is 534. The number of carbonyl (C=O) groups is 1. The first-order valence-corrected chi connectivity index (χ1v) is 7.05. The van der Waals surface area contributed by atoms with E-state index in [-0.39, 0.29) is 5.78 Å². The summed E-state index contributed by atoms with van der Waals surface area (Å²) in [6.07, 6.45) is 4.01. The normalized spacial score (nSPS) is 19.7. The standard InChI is InChI=1S/C16H19NO2/c18-14(8-7-12-4-3-9-17-11-12)16-10-13-5-1-2-6-15(13)19-16/h1-2,5-6,10,12,17H,3-4,7-9,11H2. The number of hydrogen-bond donors (Lipinski definition) is 1.